The average molecular weight is 270 g/mol. The standard InChI is InChI=1S/C16H22N4/c1-6-17-12(4)14-9-19-16(20-13(14)5)15-11(3)7-10(2)8-18-15/h7-9,12,17H,6H2,1-5H3. The molecule has 0 fully saturated rings. The fourth-order valence-electron chi connectivity index (χ4n) is 2.38. The molecule has 4 nitrogen and oxygen atoms in total. The summed E-state index contributed by atoms with van der Waals surface area (Å²) in [4.78, 5) is 13.6. The van der Waals surface area contributed by atoms with Crippen LogP contribution in [0.5, 0.6) is 0 Å². The summed E-state index contributed by atoms with van der Waals surface area (Å²) in [6.45, 7) is 11.3. The van der Waals surface area contributed by atoms with Gasteiger partial charge in [0, 0.05) is 29.7 Å². The maximum atomic E-state index is 4.62. The predicted molar refractivity (Wildman–Crippen MR) is 81.6 cm³/mol. The minimum atomic E-state index is 0.265. The van der Waals surface area contributed by atoms with Crippen molar-refractivity contribution in [3.05, 3.63) is 40.8 Å². The summed E-state index contributed by atoms with van der Waals surface area (Å²) in [6.07, 6.45) is 3.77. The molecular formula is C16H22N4. The monoisotopic (exact) mass is 270 g/mol. The van der Waals surface area contributed by atoms with Crippen molar-refractivity contribution < 1.29 is 0 Å². The zero-order chi connectivity index (χ0) is 14.7. The van der Waals surface area contributed by atoms with Crippen LogP contribution in [0.2, 0.25) is 0 Å². The van der Waals surface area contributed by atoms with Gasteiger partial charge in [0.25, 0.3) is 0 Å². The van der Waals surface area contributed by atoms with E-state index in [1.807, 2.05) is 33.2 Å². The van der Waals surface area contributed by atoms with Crippen LogP contribution < -0.4 is 5.32 Å². The summed E-state index contributed by atoms with van der Waals surface area (Å²) >= 11 is 0. The van der Waals surface area contributed by atoms with E-state index >= 15 is 0 Å². The van der Waals surface area contributed by atoms with E-state index in [4.69, 9.17) is 0 Å². The lowest BCUT2D eigenvalue weighted by Gasteiger charge is -2.15. The van der Waals surface area contributed by atoms with E-state index in [2.05, 4.69) is 40.2 Å². The van der Waals surface area contributed by atoms with Crippen molar-refractivity contribution in [2.75, 3.05) is 6.54 Å². The molecular weight excluding hydrogens is 248 g/mol. The Morgan fingerprint density at radius 1 is 1.15 bits per heavy atom. The van der Waals surface area contributed by atoms with Gasteiger partial charge in [-0.3, -0.25) is 4.98 Å². The third kappa shape index (κ3) is 3.02. The number of aryl methyl sites for hydroxylation is 3. The van der Waals surface area contributed by atoms with Crippen LogP contribution in [0.1, 0.15) is 42.3 Å². The van der Waals surface area contributed by atoms with E-state index < -0.39 is 0 Å². The second-order valence-corrected chi connectivity index (χ2v) is 5.19. The van der Waals surface area contributed by atoms with Gasteiger partial charge in [0.05, 0.1) is 0 Å². The molecule has 0 spiro atoms. The molecule has 2 rings (SSSR count). The van der Waals surface area contributed by atoms with Crippen LogP contribution in [0.15, 0.2) is 18.5 Å². The van der Waals surface area contributed by atoms with E-state index in [9.17, 15) is 0 Å². The quantitative estimate of drug-likeness (QED) is 0.927. The zero-order valence-corrected chi connectivity index (χ0v) is 12.9. The van der Waals surface area contributed by atoms with Crippen molar-refractivity contribution in [1.82, 2.24) is 20.3 Å². The van der Waals surface area contributed by atoms with Crippen LogP contribution in [0, 0.1) is 20.8 Å². The Morgan fingerprint density at radius 3 is 2.50 bits per heavy atom. The number of rotatable bonds is 4. The summed E-state index contributed by atoms with van der Waals surface area (Å²) in [5.74, 6) is 0.701. The summed E-state index contributed by atoms with van der Waals surface area (Å²) in [5.41, 5.74) is 5.27. The molecule has 0 aliphatic heterocycles. The van der Waals surface area contributed by atoms with Gasteiger partial charge in [-0.1, -0.05) is 13.0 Å². The van der Waals surface area contributed by atoms with Crippen LogP contribution in [-0.2, 0) is 0 Å². The van der Waals surface area contributed by atoms with E-state index in [0.717, 1.165) is 34.6 Å². The Kier molecular flexibility index (Phi) is 4.45. The molecule has 2 heterocycles. The molecule has 1 unspecified atom stereocenters. The Bertz CT molecular complexity index is 607. The Hall–Kier alpha value is -1.81. The first kappa shape index (κ1) is 14.6. The molecule has 0 amide bonds. The molecule has 1 N–H and O–H groups in total. The fourth-order valence-corrected chi connectivity index (χ4v) is 2.38. The molecule has 0 saturated heterocycles. The van der Waals surface area contributed by atoms with Gasteiger partial charge in [-0.05, 0) is 45.4 Å². The normalized spacial score (nSPS) is 12.4. The lowest BCUT2D eigenvalue weighted by atomic mass is 10.1. The van der Waals surface area contributed by atoms with Gasteiger partial charge in [-0.2, -0.15) is 0 Å². The maximum Gasteiger partial charge on any atom is 0.178 e. The number of nitrogens with zero attached hydrogens (tertiary/aromatic N) is 3. The molecule has 2 aromatic heterocycles. The average Bonchev–Trinajstić information content (AvgIpc) is 2.38. The first-order valence-corrected chi connectivity index (χ1v) is 7.03. The van der Waals surface area contributed by atoms with Crippen LogP contribution in [0.25, 0.3) is 11.5 Å². The Labute approximate surface area is 120 Å². The van der Waals surface area contributed by atoms with E-state index in [1.165, 1.54) is 0 Å². The number of aromatic nitrogens is 3. The van der Waals surface area contributed by atoms with E-state index in [1.54, 1.807) is 0 Å². The van der Waals surface area contributed by atoms with Crippen molar-refractivity contribution in [2.45, 2.75) is 40.7 Å². The van der Waals surface area contributed by atoms with Crippen LogP contribution in [-0.4, -0.2) is 21.5 Å². The van der Waals surface area contributed by atoms with Crippen molar-refractivity contribution in [1.29, 1.82) is 0 Å². The molecule has 4 heteroatoms. The van der Waals surface area contributed by atoms with E-state index in [0.29, 0.717) is 5.82 Å². The first-order valence-electron chi connectivity index (χ1n) is 7.03. The maximum absolute atomic E-state index is 4.62. The Balaban J connectivity index is 2.38. The van der Waals surface area contributed by atoms with Crippen molar-refractivity contribution in [3.8, 4) is 11.5 Å². The number of hydrogen-bond donors (Lipinski definition) is 1. The second-order valence-electron chi connectivity index (χ2n) is 5.19. The second kappa shape index (κ2) is 6.09. The highest BCUT2D eigenvalue weighted by molar-refractivity contribution is 5.55. The lowest BCUT2D eigenvalue weighted by Crippen LogP contribution is -2.19. The molecule has 0 aromatic carbocycles. The molecule has 0 saturated carbocycles. The third-order valence-corrected chi connectivity index (χ3v) is 3.42. The van der Waals surface area contributed by atoms with Crippen molar-refractivity contribution in [2.24, 2.45) is 0 Å². The first-order chi connectivity index (χ1) is 9.52. The van der Waals surface area contributed by atoms with Gasteiger partial charge in [0.2, 0.25) is 0 Å². The molecule has 0 aliphatic rings. The van der Waals surface area contributed by atoms with Crippen molar-refractivity contribution in [3.63, 3.8) is 0 Å². The van der Waals surface area contributed by atoms with Crippen LogP contribution >= 0.6 is 0 Å². The zero-order valence-electron chi connectivity index (χ0n) is 12.9. The van der Waals surface area contributed by atoms with Gasteiger partial charge < -0.3 is 5.32 Å². The summed E-state index contributed by atoms with van der Waals surface area (Å²) in [6, 6.07) is 2.37. The highest BCUT2D eigenvalue weighted by atomic mass is 14.9. The predicted octanol–water partition coefficient (Wildman–Crippen LogP) is 3.13. The molecule has 0 bridgehead atoms. The van der Waals surface area contributed by atoms with Gasteiger partial charge in [-0.25, -0.2) is 9.97 Å². The van der Waals surface area contributed by atoms with Crippen molar-refractivity contribution >= 4 is 0 Å². The molecule has 2 aromatic rings. The highest BCUT2D eigenvalue weighted by Crippen LogP contribution is 2.21. The molecule has 1 atom stereocenters. The van der Waals surface area contributed by atoms with Crippen LogP contribution in [0.4, 0.5) is 0 Å². The van der Waals surface area contributed by atoms with Gasteiger partial charge in [0.1, 0.15) is 5.69 Å². The number of pyridine rings is 1. The topological polar surface area (TPSA) is 50.7 Å². The van der Waals surface area contributed by atoms with Gasteiger partial charge in [0.15, 0.2) is 5.82 Å². The highest BCUT2D eigenvalue weighted by Gasteiger charge is 2.12. The summed E-state index contributed by atoms with van der Waals surface area (Å²) in [5, 5.41) is 3.39. The van der Waals surface area contributed by atoms with E-state index in [-0.39, 0.29) is 6.04 Å². The minimum absolute atomic E-state index is 0.265. The summed E-state index contributed by atoms with van der Waals surface area (Å²) in [7, 11) is 0. The van der Waals surface area contributed by atoms with Gasteiger partial charge in [-0.15, -0.1) is 0 Å². The number of hydrogen-bond acceptors (Lipinski definition) is 4. The SMILES string of the molecule is CCNC(C)c1cnc(-c2ncc(C)cc2C)nc1C. The number of nitrogens with one attached hydrogen (secondary N) is 1. The minimum Gasteiger partial charge on any atom is -0.310 e. The van der Waals surface area contributed by atoms with Crippen LogP contribution in [0.3, 0.4) is 0 Å². The third-order valence-electron chi connectivity index (χ3n) is 3.42. The lowest BCUT2D eigenvalue weighted by molar-refractivity contribution is 0.590. The molecule has 20 heavy (non-hydrogen) atoms. The molecule has 0 aliphatic carbocycles. The fraction of sp³-hybridized carbons (Fsp3) is 0.438. The molecule has 0 radical (unpaired) electrons. The largest absolute Gasteiger partial charge is 0.310 e. The summed E-state index contributed by atoms with van der Waals surface area (Å²) < 4.78 is 0. The Morgan fingerprint density at radius 2 is 1.90 bits per heavy atom. The van der Waals surface area contributed by atoms with Gasteiger partial charge >= 0.3 is 0 Å². The molecule has 106 valence electrons. The smallest absolute Gasteiger partial charge is 0.178 e.